The van der Waals surface area contributed by atoms with Gasteiger partial charge in [-0.2, -0.15) is 0 Å². The Kier molecular flexibility index (Phi) is 47.8. The lowest BCUT2D eigenvalue weighted by Crippen LogP contribution is -2.33. The predicted molar refractivity (Wildman–Crippen MR) is 268 cm³/mol. The Morgan fingerprint density at radius 3 is 1.17 bits per heavy atom. The van der Waals surface area contributed by atoms with Crippen molar-refractivity contribution in [1.82, 2.24) is 4.90 Å². The van der Waals surface area contributed by atoms with Gasteiger partial charge in [0.25, 0.3) is 0 Å². The maximum atomic E-state index is 13.1. The second-order valence-electron chi connectivity index (χ2n) is 18.9. The maximum absolute atomic E-state index is 13.1. The normalized spacial score (nSPS) is 13.0. The molecule has 64 heavy (non-hydrogen) atoms. The van der Waals surface area contributed by atoms with Gasteiger partial charge in [-0.25, -0.2) is 0 Å². The van der Waals surface area contributed by atoms with Gasteiger partial charge in [-0.15, -0.1) is 0 Å². The van der Waals surface area contributed by atoms with Crippen molar-refractivity contribution < 1.29 is 33.3 Å². The molecule has 0 aliphatic heterocycles. The Balaban J connectivity index is 4.80. The average Bonchev–Trinajstić information content (AvgIpc) is 3.29. The highest BCUT2D eigenvalue weighted by atomic mass is 16.6. The van der Waals surface area contributed by atoms with E-state index >= 15 is 0 Å². The van der Waals surface area contributed by atoms with Gasteiger partial charge >= 0.3 is 17.9 Å². The van der Waals surface area contributed by atoms with E-state index < -0.39 is 6.04 Å². The summed E-state index contributed by atoms with van der Waals surface area (Å²) in [6.45, 7) is 14.5. The van der Waals surface area contributed by atoms with Gasteiger partial charge in [-0.05, 0) is 83.8 Å². The molecule has 0 amide bonds. The number of nitrogens with zero attached hydrogens (tertiary/aromatic N) is 1. The number of hydrogen-bond acceptors (Lipinski definition) is 10. The first-order valence-electron chi connectivity index (χ1n) is 27.6. The maximum Gasteiger partial charge on any atom is 0.322 e. The van der Waals surface area contributed by atoms with Crippen molar-refractivity contribution in [3.05, 3.63) is 0 Å². The molecular weight excluding hydrogens is 803 g/mol. The highest BCUT2D eigenvalue weighted by Crippen LogP contribution is 2.22. The molecule has 0 aliphatic carbocycles. The van der Waals surface area contributed by atoms with Gasteiger partial charge in [-0.1, -0.05) is 188 Å². The summed E-state index contributed by atoms with van der Waals surface area (Å²) in [5.74, 6) is -0.207. The topological polar surface area (TPSA) is 143 Å². The van der Waals surface area contributed by atoms with E-state index in [2.05, 4.69) is 32.6 Å². The van der Waals surface area contributed by atoms with E-state index in [0.29, 0.717) is 39.4 Å². The standard InChI is InChI=1S/C54H107N3O7/c1-5-9-13-17-19-27-37-49(35-25-15-11-7-3)52(58)62-44-33-23-21-31-41-57(43-46-61-47-48-64-54(60)51(56)39-29-30-40-55)42-32-22-24-34-45-63-53(59)50(36-26-16-12-8-4)38-28-20-18-14-10-6-2/h49-51H,5-48,55-56H2,1-4H3. The molecular formula is C54H107N3O7. The number of unbranched alkanes of at least 4 members (excludes halogenated alkanes) is 23. The van der Waals surface area contributed by atoms with Crippen molar-refractivity contribution in [2.24, 2.45) is 23.3 Å². The number of carbonyl (C=O) groups excluding carboxylic acids is 3. The largest absolute Gasteiger partial charge is 0.465 e. The van der Waals surface area contributed by atoms with E-state index in [0.717, 1.165) is 135 Å². The Bertz CT molecular complexity index is 959. The SMILES string of the molecule is CCCCCCCCC(CCCCCC)C(=O)OCCCCCCN(CCCCCCOC(=O)C(CCCCCC)CCCCCCCC)CCOCCOC(=O)C(N)CCCCN. The summed E-state index contributed by atoms with van der Waals surface area (Å²) in [6, 6.07) is -0.611. The minimum Gasteiger partial charge on any atom is -0.465 e. The molecule has 0 rings (SSSR count). The first-order chi connectivity index (χ1) is 31.3. The first kappa shape index (κ1) is 62.2. The van der Waals surface area contributed by atoms with E-state index in [4.69, 9.17) is 30.4 Å². The summed E-state index contributed by atoms with van der Waals surface area (Å²) in [6.07, 6.45) is 39.0. The van der Waals surface area contributed by atoms with E-state index in [1.165, 1.54) is 103 Å². The monoisotopic (exact) mass is 910 g/mol. The summed E-state index contributed by atoms with van der Waals surface area (Å²) in [4.78, 5) is 40.9. The van der Waals surface area contributed by atoms with E-state index in [-0.39, 0.29) is 36.4 Å². The molecule has 0 aromatic rings. The summed E-state index contributed by atoms with van der Waals surface area (Å²) in [5.41, 5.74) is 11.5. The van der Waals surface area contributed by atoms with Crippen molar-refractivity contribution in [2.75, 3.05) is 59.2 Å². The van der Waals surface area contributed by atoms with Crippen molar-refractivity contribution in [3.8, 4) is 0 Å². The zero-order valence-corrected chi connectivity index (χ0v) is 42.8. The van der Waals surface area contributed by atoms with Gasteiger partial charge in [-0.3, -0.25) is 14.4 Å². The van der Waals surface area contributed by atoms with Gasteiger partial charge < -0.3 is 35.3 Å². The molecule has 3 atom stereocenters. The molecule has 0 saturated carbocycles. The molecule has 0 aromatic carbocycles. The summed E-state index contributed by atoms with van der Waals surface area (Å²) in [7, 11) is 0. The molecule has 0 aliphatic rings. The zero-order valence-electron chi connectivity index (χ0n) is 42.8. The highest BCUT2D eigenvalue weighted by Gasteiger charge is 2.21. The zero-order chi connectivity index (χ0) is 47.0. The Hall–Kier alpha value is -1.75. The number of esters is 3. The van der Waals surface area contributed by atoms with E-state index in [1.54, 1.807) is 0 Å². The Morgan fingerprint density at radius 1 is 0.375 bits per heavy atom. The lowest BCUT2D eigenvalue weighted by atomic mass is 9.94. The molecule has 0 spiro atoms. The van der Waals surface area contributed by atoms with Crippen LogP contribution >= 0.6 is 0 Å². The molecule has 0 fully saturated rings. The minimum absolute atomic E-state index is 0.0278. The lowest BCUT2D eigenvalue weighted by Gasteiger charge is -2.22. The van der Waals surface area contributed by atoms with Gasteiger partial charge in [0.2, 0.25) is 0 Å². The van der Waals surface area contributed by atoms with Crippen LogP contribution in [0, 0.1) is 11.8 Å². The molecule has 0 bridgehead atoms. The van der Waals surface area contributed by atoms with Crippen molar-refractivity contribution >= 4 is 17.9 Å². The Morgan fingerprint density at radius 2 is 0.734 bits per heavy atom. The van der Waals surface area contributed by atoms with Crippen LogP contribution in [0.2, 0.25) is 0 Å². The van der Waals surface area contributed by atoms with Crippen LogP contribution in [0.15, 0.2) is 0 Å². The number of ether oxygens (including phenoxy) is 4. The average molecular weight is 910 g/mol. The molecule has 4 N–H and O–H groups in total. The second-order valence-corrected chi connectivity index (χ2v) is 18.9. The summed E-state index contributed by atoms with van der Waals surface area (Å²) >= 11 is 0. The van der Waals surface area contributed by atoms with Crippen LogP contribution in [0.25, 0.3) is 0 Å². The van der Waals surface area contributed by atoms with Crippen molar-refractivity contribution in [3.63, 3.8) is 0 Å². The quantitative estimate of drug-likeness (QED) is 0.0344. The second kappa shape index (κ2) is 49.2. The number of hydrogen-bond donors (Lipinski definition) is 2. The van der Waals surface area contributed by atoms with Crippen LogP contribution in [-0.4, -0.2) is 88.1 Å². The minimum atomic E-state index is -0.611. The van der Waals surface area contributed by atoms with Crippen LogP contribution in [0.1, 0.15) is 252 Å². The summed E-state index contributed by atoms with van der Waals surface area (Å²) < 4.78 is 22.9. The molecule has 0 heterocycles. The highest BCUT2D eigenvalue weighted by molar-refractivity contribution is 5.75. The van der Waals surface area contributed by atoms with Gasteiger partial charge in [0.1, 0.15) is 12.6 Å². The van der Waals surface area contributed by atoms with Crippen LogP contribution in [0.5, 0.6) is 0 Å². The van der Waals surface area contributed by atoms with Crippen molar-refractivity contribution in [1.29, 1.82) is 0 Å². The number of nitrogens with two attached hydrogens (primary N) is 2. The summed E-state index contributed by atoms with van der Waals surface area (Å²) in [5, 5.41) is 0. The van der Waals surface area contributed by atoms with Gasteiger partial charge in [0.15, 0.2) is 0 Å². The van der Waals surface area contributed by atoms with Crippen molar-refractivity contribution in [2.45, 2.75) is 258 Å². The van der Waals surface area contributed by atoms with Crippen LogP contribution < -0.4 is 11.5 Å². The third-order valence-electron chi connectivity index (χ3n) is 12.8. The van der Waals surface area contributed by atoms with Crippen LogP contribution in [0.4, 0.5) is 0 Å². The van der Waals surface area contributed by atoms with Crippen LogP contribution in [-0.2, 0) is 33.3 Å². The third kappa shape index (κ3) is 40.5. The van der Waals surface area contributed by atoms with E-state index in [1.807, 2.05) is 0 Å². The van der Waals surface area contributed by atoms with E-state index in [9.17, 15) is 14.4 Å². The fourth-order valence-electron chi connectivity index (χ4n) is 8.47. The fourth-order valence-corrected chi connectivity index (χ4v) is 8.47. The third-order valence-corrected chi connectivity index (χ3v) is 12.8. The molecule has 10 heteroatoms. The number of rotatable bonds is 51. The molecule has 0 saturated heterocycles. The fraction of sp³-hybridized carbons (Fsp3) is 0.944. The number of carbonyl (C=O) groups is 3. The molecule has 0 aromatic heterocycles. The Labute approximate surface area is 395 Å². The van der Waals surface area contributed by atoms with Gasteiger partial charge in [0, 0.05) is 6.54 Å². The molecule has 3 unspecified atom stereocenters. The lowest BCUT2D eigenvalue weighted by molar-refractivity contribution is -0.150. The predicted octanol–water partition coefficient (Wildman–Crippen LogP) is 13.2. The molecule has 0 radical (unpaired) electrons. The van der Waals surface area contributed by atoms with Crippen LogP contribution in [0.3, 0.4) is 0 Å². The van der Waals surface area contributed by atoms with Gasteiger partial charge in [0.05, 0.1) is 38.3 Å². The smallest absolute Gasteiger partial charge is 0.322 e. The first-order valence-corrected chi connectivity index (χ1v) is 27.6. The molecule has 380 valence electrons. The molecule has 10 nitrogen and oxygen atoms in total.